The van der Waals surface area contributed by atoms with Gasteiger partial charge in [0.15, 0.2) is 5.82 Å². The van der Waals surface area contributed by atoms with Gasteiger partial charge in [-0.15, -0.1) is 0 Å². The van der Waals surface area contributed by atoms with Gasteiger partial charge >= 0.3 is 0 Å². The van der Waals surface area contributed by atoms with Gasteiger partial charge in [0.05, 0.1) is 17.3 Å². The minimum atomic E-state index is 0.231. The van der Waals surface area contributed by atoms with Crippen LogP contribution in [0.4, 0.5) is 17.5 Å². The number of hydrogen-bond donors (Lipinski definition) is 3. The molecule has 1 heterocycles. The molecule has 3 aromatic rings. The van der Waals surface area contributed by atoms with Crippen LogP contribution in [-0.2, 0) is 6.42 Å². The average molecular weight is 386 g/mol. The zero-order chi connectivity index (χ0) is 18.5. The highest BCUT2D eigenvalue weighted by atomic mass is 35.5. The second kappa shape index (κ2) is 8.02. The highest BCUT2D eigenvalue weighted by Gasteiger charge is 2.11. The normalized spacial score (nSPS) is 10.2. The molecule has 3 N–H and O–H groups in total. The monoisotopic (exact) mass is 385 g/mol. The van der Waals surface area contributed by atoms with Crippen molar-refractivity contribution in [1.82, 2.24) is 9.97 Å². The summed E-state index contributed by atoms with van der Waals surface area (Å²) < 4.78 is 0. The SMILES string of the molecule is N#Cc1ccc(Nc2nc(Cc3c(Cl)cccc3Cl)cc(NO)n2)cc1. The van der Waals surface area contributed by atoms with Crippen LogP contribution in [0.25, 0.3) is 0 Å². The van der Waals surface area contributed by atoms with Gasteiger partial charge in [0.2, 0.25) is 5.95 Å². The van der Waals surface area contributed by atoms with Crippen molar-refractivity contribution in [3.8, 4) is 6.07 Å². The molecular formula is C18H13Cl2N5O. The van der Waals surface area contributed by atoms with Crippen LogP contribution in [0.5, 0.6) is 0 Å². The van der Waals surface area contributed by atoms with E-state index < -0.39 is 0 Å². The minimum Gasteiger partial charge on any atom is -0.324 e. The second-order valence-corrected chi connectivity index (χ2v) is 6.19. The van der Waals surface area contributed by atoms with Crippen molar-refractivity contribution in [2.45, 2.75) is 6.42 Å². The number of aromatic nitrogens is 2. The fourth-order valence-electron chi connectivity index (χ4n) is 2.34. The molecular weight excluding hydrogens is 373 g/mol. The zero-order valence-corrected chi connectivity index (χ0v) is 14.9. The molecule has 2 aromatic carbocycles. The van der Waals surface area contributed by atoms with Gasteiger partial charge in [-0.3, -0.25) is 10.7 Å². The third kappa shape index (κ3) is 4.21. The first-order valence-electron chi connectivity index (χ1n) is 7.57. The molecule has 0 aliphatic rings. The summed E-state index contributed by atoms with van der Waals surface area (Å²) in [6.07, 6.45) is 0.373. The van der Waals surface area contributed by atoms with Crippen LogP contribution in [0.3, 0.4) is 0 Å². The van der Waals surface area contributed by atoms with Gasteiger partial charge in [-0.2, -0.15) is 10.2 Å². The summed E-state index contributed by atoms with van der Waals surface area (Å²) in [6.45, 7) is 0. The van der Waals surface area contributed by atoms with Gasteiger partial charge in [-0.1, -0.05) is 29.3 Å². The number of anilines is 3. The van der Waals surface area contributed by atoms with E-state index in [9.17, 15) is 5.21 Å². The predicted octanol–water partition coefficient (Wildman–Crippen LogP) is 4.79. The molecule has 130 valence electrons. The van der Waals surface area contributed by atoms with Crippen molar-refractivity contribution in [2.75, 3.05) is 10.8 Å². The van der Waals surface area contributed by atoms with Crippen molar-refractivity contribution in [1.29, 1.82) is 5.26 Å². The average Bonchev–Trinajstić information content (AvgIpc) is 2.65. The van der Waals surface area contributed by atoms with Crippen molar-refractivity contribution in [3.05, 3.63) is 75.4 Å². The molecule has 0 fully saturated rings. The predicted molar refractivity (Wildman–Crippen MR) is 101 cm³/mol. The number of nitriles is 1. The van der Waals surface area contributed by atoms with E-state index in [0.29, 0.717) is 33.4 Å². The number of nitrogens with one attached hydrogen (secondary N) is 2. The first kappa shape index (κ1) is 18.0. The van der Waals surface area contributed by atoms with Crippen LogP contribution in [0, 0.1) is 11.3 Å². The molecule has 0 amide bonds. The first-order chi connectivity index (χ1) is 12.6. The number of nitrogens with zero attached hydrogens (tertiary/aromatic N) is 3. The lowest BCUT2D eigenvalue weighted by Crippen LogP contribution is -2.05. The Morgan fingerprint density at radius 1 is 1.04 bits per heavy atom. The van der Waals surface area contributed by atoms with Crippen molar-refractivity contribution in [3.63, 3.8) is 0 Å². The number of hydrogen-bond acceptors (Lipinski definition) is 6. The molecule has 0 aliphatic carbocycles. The van der Waals surface area contributed by atoms with E-state index in [1.807, 2.05) is 5.48 Å². The largest absolute Gasteiger partial charge is 0.324 e. The lowest BCUT2D eigenvalue weighted by atomic mass is 10.1. The summed E-state index contributed by atoms with van der Waals surface area (Å²) in [5.41, 5.74) is 4.64. The maximum atomic E-state index is 9.24. The summed E-state index contributed by atoms with van der Waals surface area (Å²) in [7, 11) is 0. The summed E-state index contributed by atoms with van der Waals surface area (Å²) >= 11 is 12.4. The van der Waals surface area contributed by atoms with Crippen LogP contribution in [0.1, 0.15) is 16.8 Å². The van der Waals surface area contributed by atoms with Crippen LogP contribution in [-0.4, -0.2) is 15.2 Å². The quantitative estimate of drug-likeness (QED) is 0.546. The second-order valence-electron chi connectivity index (χ2n) is 5.37. The smallest absolute Gasteiger partial charge is 0.229 e. The van der Waals surface area contributed by atoms with Crippen LogP contribution in [0.15, 0.2) is 48.5 Å². The Kier molecular flexibility index (Phi) is 5.54. The molecule has 0 saturated heterocycles. The third-order valence-corrected chi connectivity index (χ3v) is 4.29. The van der Waals surface area contributed by atoms with Gasteiger partial charge in [0.25, 0.3) is 0 Å². The minimum absolute atomic E-state index is 0.231. The Morgan fingerprint density at radius 3 is 2.35 bits per heavy atom. The van der Waals surface area contributed by atoms with E-state index in [2.05, 4.69) is 21.4 Å². The van der Waals surface area contributed by atoms with Crippen LogP contribution < -0.4 is 10.8 Å². The molecule has 0 bridgehead atoms. The Balaban J connectivity index is 1.90. The van der Waals surface area contributed by atoms with E-state index in [1.165, 1.54) is 0 Å². The molecule has 0 unspecified atom stereocenters. The van der Waals surface area contributed by atoms with Crippen LogP contribution >= 0.6 is 23.2 Å². The molecule has 0 radical (unpaired) electrons. The van der Waals surface area contributed by atoms with Gasteiger partial charge < -0.3 is 5.32 Å². The number of rotatable bonds is 5. The van der Waals surface area contributed by atoms with E-state index in [1.54, 1.807) is 48.5 Å². The summed E-state index contributed by atoms with van der Waals surface area (Å²) in [4.78, 5) is 8.60. The van der Waals surface area contributed by atoms with Gasteiger partial charge in [-0.25, -0.2) is 4.98 Å². The molecule has 0 aliphatic heterocycles. The van der Waals surface area contributed by atoms with E-state index >= 15 is 0 Å². The molecule has 0 saturated carbocycles. The molecule has 0 atom stereocenters. The topological polar surface area (TPSA) is 93.9 Å². The maximum Gasteiger partial charge on any atom is 0.229 e. The molecule has 1 aromatic heterocycles. The third-order valence-electron chi connectivity index (χ3n) is 3.58. The Labute approximate surface area is 160 Å². The van der Waals surface area contributed by atoms with Gasteiger partial charge in [0, 0.05) is 28.2 Å². The van der Waals surface area contributed by atoms with E-state index in [4.69, 9.17) is 28.5 Å². The highest BCUT2D eigenvalue weighted by molar-refractivity contribution is 6.36. The van der Waals surface area contributed by atoms with Gasteiger partial charge in [0.1, 0.15) is 0 Å². The molecule has 6 nitrogen and oxygen atoms in total. The van der Waals surface area contributed by atoms with Gasteiger partial charge in [-0.05, 0) is 42.0 Å². The maximum absolute atomic E-state index is 9.24. The summed E-state index contributed by atoms with van der Waals surface area (Å²) in [6, 6.07) is 15.8. The zero-order valence-electron chi connectivity index (χ0n) is 13.4. The Morgan fingerprint density at radius 2 is 1.73 bits per heavy atom. The fourth-order valence-corrected chi connectivity index (χ4v) is 2.87. The Bertz CT molecular complexity index is 950. The van der Waals surface area contributed by atoms with Crippen LogP contribution in [0.2, 0.25) is 10.0 Å². The molecule has 0 spiro atoms. The lowest BCUT2D eigenvalue weighted by Gasteiger charge is -2.11. The summed E-state index contributed by atoms with van der Waals surface area (Å²) in [5.74, 6) is 0.515. The standard InChI is InChI=1S/C18H13Cl2N5O/c19-15-2-1-3-16(20)14(15)8-13-9-17(25-26)24-18(23-13)22-12-6-4-11(10-21)5-7-12/h1-7,9,26H,8H2,(H2,22,23,24,25). The number of benzene rings is 2. The molecule has 8 heteroatoms. The van der Waals surface area contributed by atoms with Crippen molar-refractivity contribution >= 4 is 40.7 Å². The van der Waals surface area contributed by atoms with Crippen molar-refractivity contribution in [2.24, 2.45) is 0 Å². The number of halogens is 2. The lowest BCUT2D eigenvalue weighted by molar-refractivity contribution is 0.385. The highest BCUT2D eigenvalue weighted by Crippen LogP contribution is 2.27. The van der Waals surface area contributed by atoms with E-state index in [0.717, 1.165) is 5.56 Å². The molecule has 26 heavy (non-hydrogen) atoms. The summed E-state index contributed by atoms with van der Waals surface area (Å²) in [5, 5.41) is 22.2. The molecule has 3 rings (SSSR count). The van der Waals surface area contributed by atoms with Crippen molar-refractivity contribution < 1.29 is 5.21 Å². The Hall–Kier alpha value is -2.85. The van der Waals surface area contributed by atoms with E-state index in [-0.39, 0.29) is 11.8 Å². The first-order valence-corrected chi connectivity index (χ1v) is 8.33. The fraction of sp³-hybridized carbons (Fsp3) is 0.0556.